The lowest BCUT2D eigenvalue weighted by atomic mass is 10.1. The molecule has 1 heterocycles. The monoisotopic (exact) mass is 282 g/mol. The first-order valence-electron chi connectivity index (χ1n) is 4.39. The van der Waals surface area contributed by atoms with Gasteiger partial charge >= 0.3 is 5.97 Å². The summed E-state index contributed by atoms with van der Waals surface area (Å²) < 4.78 is 0.861. The standard InChI is InChI=1S/C10H7BrN2O3/c11-6-3-1-5(2-4-6)7-8(10(15)16)12-13-9(7)14/h1-4H,(H,15,16)(H2,12,13,14). The predicted octanol–water partition coefficient (Wildman–Crippen LogP) is 1.83. The molecule has 5 nitrogen and oxygen atoms in total. The normalized spacial score (nSPS) is 10.3. The minimum absolute atomic E-state index is 0.132. The molecule has 1 aromatic carbocycles. The van der Waals surface area contributed by atoms with E-state index in [9.17, 15) is 9.59 Å². The second kappa shape index (κ2) is 3.97. The number of nitrogens with one attached hydrogen (secondary N) is 2. The molecular formula is C10H7BrN2O3. The van der Waals surface area contributed by atoms with E-state index in [-0.39, 0.29) is 11.3 Å². The Labute approximate surface area is 98.2 Å². The third-order valence-electron chi connectivity index (χ3n) is 2.12. The Hall–Kier alpha value is -1.82. The second-order valence-corrected chi connectivity index (χ2v) is 4.06. The van der Waals surface area contributed by atoms with Gasteiger partial charge in [0.25, 0.3) is 5.56 Å². The van der Waals surface area contributed by atoms with Crippen molar-refractivity contribution < 1.29 is 9.90 Å². The largest absolute Gasteiger partial charge is 0.477 e. The summed E-state index contributed by atoms with van der Waals surface area (Å²) in [6, 6.07) is 6.84. The summed E-state index contributed by atoms with van der Waals surface area (Å²) in [6.45, 7) is 0. The summed E-state index contributed by atoms with van der Waals surface area (Å²) >= 11 is 3.26. The summed E-state index contributed by atoms with van der Waals surface area (Å²) in [5.74, 6) is -1.17. The van der Waals surface area contributed by atoms with Crippen molar-refractivity contribution in [3.05, 3.63) is 44.8 Å². The number of aromatic nitrogens is 2. The lowest BCUT2D eigenvalue weighted by Gasteiger charge is -1.98. The Morgan fingerprint density at radius 1 is 1.19 bits per heavy atom. The van der Waals surface area contributed by atoms with Crippen LogP contribution in [-0.2, 0) is 0 Å². The number of carboxylic acid groups (broad SMARTS) is 1. The Bertz CT molecular complexity index is 583. The van der Waals surface area contributed by atoms with Gasteiger partial charge in [0.05, 0.1) is 5.56 Å². The minimum Gasteiger partial charge on any atom is -0.477 e. The van der Waals surface area contributed by atoms with Gasteiger partial charge in [0.2, 0.25) is 0 Å². The number of carboxylic acids is 1. The molecule has 1 aromatic heterocycles. The summed E-state index contributed by atoms with van der Waals surface area (Å²) in [4.78, 5) is 22.3. The Balaban J connectivity index is 2.63. The predicted molar refractivity (Wildman–Crippen MR) is 61.5 cm³/mol. The van der Waals surface area contributed by atoms with Gasteiger partial charge in [-0.3, -0.25) is 15.0 Å². The van der Waals surface area contributed by atoms with Crippen LogP contribution in [0.4, 0.5) is 0 Å². The fourth-order valence-electron chi connectivity index (χ4n) is 1.41. The average molecular weight is 283 g/mol. The number of aromatic carboxylic acids is 1. The van der Waals surface area contributed by atoms with E-state index in [4.69, 9.17) is 5.11 Å². The van der Waals surface area contributed by atoms with Gasteiger partial charge < -0.3 is 5.11 Å². The number of rotatable bonds is 2. The van der Waals surface area contributed by atoms with Crippen molar-refractivity contribution in [3.63, 3.8) is 0 Å². The molecule has 0 saturated carbocycles. The first-order chi connectivity index (χ1) is 7.59. The minimum atomic E-state index is -1.17. The van der Waals surface area contributed by atoms with Crippen LogP contribution < -0.4 is 5.56 Å². The van der Waals surface area contributed by atoms with E-state index < -0.39 is 11.5 Å². The molecule has 0 aliphatic heterocycles. The summed E-state index contributed by atoms with van der Waals surface area (Å²) in [7, 11) is 0. The molecule has 0 aliphatic carbocycles. The molecule has 82 valence electrons. The van der Waals surface area contributed by atoms with Gasteiger partial charge in [-0.05, 0) is 17.7 Å². The maximum absolute atomic E-state index is 11.5. The fourth-order valence-corrected chi connectivity index (χ4v) is 1.67. The van der Waals surface area contributed by atoms with Gasteiger partial charge in [-0.2, -0.15) is 0 Å². The number of H-pyrrole nitrogens is 2. The van der Waals surface area contributed by atoms with Gasteiger partial charge in [-0.25, -0.2) is 4.79 Å². The van der Waals surface area contributed by atoms with Crippen molar-refractivity contribution in [1.82, 2.24) is 10.2 Å². The first-order valence-corrected chi connectivity index (χ1v) is 5.19. The van der Waals surface area contributed by atoms with Crippen LogP contribution in [0.1, 0.15) is 10.5 Å². The van der Waals surface area contributed by atoms with E-state index in [0.29, 0.717) is 5.56 Å². The van der Waals surface area contributed by atoms with Gasteiger partial charge in [0, 0.05) is 4.47 Å². The van der Waals surface area contributed by atoms with Crippen molar-refractivity contribution >= 4 is 21.9 Å². The molecule has 2 rings (SSSR count). The van der Waals surface area contributed by atoms with Crippen molar-refractivity contribution in [2.24, 2.45) is 0 Å². The Morgan fingerprint density at radius 3 is 2.38 bits per heavy atom. The zero-order chi connectivity index (χ0) is 11.7. The number of halogens is 1. The third-order valence-corrected chi connectivity index (χ3v) is 2.65. The Morgan fingerprint density at radius 2 is 1.81 bits per heavy atom. The molecule has 0 radical (unpaired) electrons. The van der Waals surface area contributed by atoms with Gasteiger partial charge in [0.1, 0.15) is 0 Å². The molecule has 6 heteroatoms. The summed E-state index contributed by atoms with van der Waals surface area (Å²) in [5.41, 5.74) is 0.121. The van der Waals surface area contributed by atoms with Gasteiger partial charge in [-0.15, -0.1) is 0 Å². The highest BCUT2D eigenvalue weighted by molar-refractivity contribution is 9.10. The zero-order valence-corrected chi connectivity index (χ0v) is 9.54. The van der Waals surface area contributed by atoms with Gasteiger partial charge in [0.15, 0.2) is 5.69 Å². The van der Waals surface area contributed by atoms with E-state index in [0.717, 1.165) is 4.47 Å². The molecule has 0 bridgehead atoms. The van der Waals surface area contributed by atoms with E-state index in [1.165, 1.54) is 0 Å². The molecular weight excluding hydrogens is 276 g/mol. The van der Waals surface area contributed by atoms with Crippen LogP contribution in [0.25, 0.3) is 11.1 Å². The quantitative estimate of drug-likeness (QED) is 0.785. The highest BCUT2D eigenvalue weighted by Crippen LogP contribution is 2.20. The number of benzene rings is 1. The average Bonchev–Trinajstić information content (AvgIpc) is 2.62. The molecule has 0 fully saturated rings. The van der Waals surface area contributed by atoms with Crippen molar-refractivity contribution in [2.75, 3.05) is 0 Å². The van der Waals surface area contributed by atoms with Gasteiger partial charge in [-0.1, -0.05) is 28.1 Å². The molecule has 0 aliphatic rings. The summed E-state index contributed by atoms with van der Waals surface area (Å²) in [5, 5.41) is 13.5. The molecule has 0 spiro atoms. The fraction of sp³-hybridized carbons (Fsp3) is 0. The van der Waals surface area contributed by atoms with Crippen LogP contribution in [0.15, 0.2) is 33.5 Å². The maximum Gasteiger partial charge on any atom is 0.354 e. The Kier molecular flexibility index (Phi) is 2.66. The van der Waals surface area contributed by atoms with E-state index >= 15 is 0 Å². The molecule has 0 saturated heterocycles. The lowest BCUT2D eigenvalue weighted by molar-refractivity contribution is 0.0691. The van der Waals surface area contributed by atoms with E-state index in [1.54, 1.807) is 24.3 Å². The third kappa shape index (κ3) is 1.79. The van der Waals surface area contributed by atoms with Crippen LogP contribution in [0.5, 0.6) is 0 Å². The molecule has 3 N–H and O–H groups in total. The van der Waals surface area contributed by atoms with Crippen molar-refractivity contribution in [2.45, 2.75) is 0 Å². The number of aromatic amines is 2. The molecule has 0 unspecified atom stereocenters. The summed E-state index contributed by atoms with van der Waals surface area (Å²) in [6.07, 6.45) is 0. The lowest BCUT2D eigenvalue weighted by Crippen LogP contribution is -2.04. The SMILES string of the molecule is O=C(O)c1[nH][nH]c(=O)c1-c1ccc(Br)cc1. The second-order valence-electron chi connectivity index (χ2n) is 3.14. The molecule has 0 amide bonds. The first kappa shape index (κ1) is 10.7. The van der Waals surface area contributed by atoms with E-state index in [2.05, 4.69) is 26.1 Å². The van der Waals surface area contributed by atoms with Crippen molar-refractivity contribution in [1.29, 1.82) is 0 Å². The van der Waals surface area contributed by atoms with Crippen LogP contribution in [0, 0.1) is 0 Å². The topological polar surface area (TPSA) is 85.9 Å². The molecule has 0 atom stereocenters. The van der Waals surface area contributed by atoms with Crippen LogP contribution in [0.3, 0.4) is 0 Å². The number of hydrogen-bond acceptors (Lipinski definition) is 2. The number of hydrogen-bond donors (Lipinski definition) is 3. The highest BCUT2D eigenvalue weighted by Gasteiger charge is 2.17. The van der Waals surface area contributed by atoms with E-state index in [1.807, 2.05) is 0 Å². The maximum atomic E-state index is 11.5. The highest BCUT2D eigenvalue weighted by atomic mass is 79.9. The van der Waals surface area contributed by atoms with Crippen LogP contribution in [-0.4, -0.2) is 21.3 Å². The molecule has 16 heavy (non-hydrogen) atoms. The van der Waals surface area contributed by atoms with Crippen LogP contribution in [0.2, 0.25) is 0 Å². The zero-order valence-electron chi connectivity index (χ0n) is 7.95. The van der Waals surface area contributed by atoms with Crippen LogP contribution >= 0.6 is 15.9 Å². The molecule has 2 aromatic rings. The van der Waals surface area contributed by atoms with Crippen molar-refractivity contribution in [3.8, 4) is 11.1 Å². The smallest absolute Gasteiger partial charge is 0.354 e. The number of carbonyl (C=O) groups is 1.